The summed E-state index contributed by atoms with van der Waals surface area (Å²) in [5, 5.41) is 0. The number of hydrogen-bond donors (Lipinski definition) is 0. The van der Waals surface area contributed by atoms with Gasteiger partial charge in [0.15, 0.2) is 0 Å². The van der Waals surface area contributed by atoms with Gasteiger partial charge in [0.25, 0.3) is 0 Å². The van der Waals surface area contributed by atoms with Crippen LogP contribution in [-0.4, -0.2) is 0 Å². The minimum absolute atomic E-state index is 0.712. The maximum Gasteiger partial charge on any atom is -0.0298 e. The first kappa shape index (κ1) is 11.1. The third-order valence-electron chi connectivity index (χ3n) is 4.01. The van der Waals surface area contributed by atoms with Crippen molar-refractivity contribution in [2.45, 2.75) is 72.1 Å². The average Bonchev–Trinajstić information content (AvgIpc) is 2.44. The largest absolute Gasteiger partial charge is 0.0654 e. The van der Waals surface area contributed by atoms with Crippen molar-refractivity contribution in [2.75, 3.05) is 0 Å². The maximum absolute atomic E-state index is 2.53. The van der Waals surface area contributed by atoms with Crippen molar-refractivity contribution in [3.63, 3.8) is 0 Å². The molecular formula is C13H26. The van der Waals surface area contributed by atoms with E-state index in [-0.39, 0.29) is 0 Å². The van der Waals surface area contributed by atoms with Crippen LogP contribution in [0.2, 0.25) is 0 Å². The monoisotopic (exact) mass is 182 g/mol. The maximum atomic E-state index is 2.53. The molecule has 0 bridgehead atoms. The predicted octanol–water partition coefficient (Wildman–Crippen LogP) is 4.78. The first-order valence-corrected chi connectivity index (χ1v) is 6.23. The molecule has 1 rings (SSSR count). The van der Waals surface area contributed by atoms with Gasteiger partial charge in [-0.1, -0.05) is 46.5 Å². The molecule has 0 heteroatoms. The second-order valence-corrected chi connectivity index (χ2v) is 5.14. The van der Waals surface area contributed by atoms with Crippen LogP contribution in [0, 0.1) is 11.3 Å². The Morgan fingerprint density at radius 3 is 2.62 bits per heavy atom. The molecule has 1 aliphatic carbocycles. The molecule has 0 saturated heterocycles. The molecule has 0 nitrogen and oxygen atoms in total. The molecule has 0 aliphatic heterocycles. The summed E-state index contributed by atoms with van der Waals surface area (Å²) >= 11 is 0. The lowest BCUT2D eigenvalue weighted by atomic mass is 9.74. The lowest BCUT2D eigenvalue weighted by Crippen LogP contribution is -2.21. The molecule has 0 amide bonds. The standard InChI is InChI=1S/C13H26/c1-4-6-8-12-9-7-11-13(12,3)10-5-2/h12H,4-11H2,1-3H3. The van der Waals surface area contributed by atoms with Crippen LogP contribution >= 0.6 is 0 Å². The van der Waals surface area contributed by atoms with Crippen molar-refractivity contribution < 1.29 is 0 Å². The van der Waals surface area contributed by atoms with Gasteiger partial charge in [-0.15, -0.1) is 0 Å². The van der Waals surface area contributed by atoms with Gasteiger partial charge in [-0.25, -0.2) is 0 Å². The molecule has 2 atom stereocenters. The molecule has 2 unspecified atom stereocenters. The Balaban J connectivity index is 2.42. The van der Waals surface area contributed by atoms with Gasteiger partial charge in [-0.3, -0.25) is 0 Å². The molecule has 0 aromatic heterocycles. The Labute approximate surface area is 84.1 Å². The van der Waals surface area contributed by atoms with Crippen LogP contribution in [0.1, 0.15) is 72.1 Å². The second-order valence-electron chi connectivity index (χ2n) is 5.14. The fourth-order valence-corrected chi connectivity index (χ4v) is 3.15. The first-order chi connectivity index (χ1) is 6.23. The third kappa shape index (κ3) is 2.72. The fourth-order valence-electron chi connectivity index (χ4n) is 3.15. The normalized spacial score (nSPS) is 33.9. The van der Waals surface area contributed by atoms with Crippen molar-refractivity contribution in [3.8, 4) is 0 Å². The molecule has 1 aliphatic rings. The lowest BCUT2D eigenvalue weighted by Gasteiger charge is -2.31. The second kappa shape index (κ2) is 5.02. The van der Waals surface area contributed by atoms with Gasteiger partial charge >= 0.3 is 0 Å². The van der Waals surface area contributed by atoms with Gasteiger partial charge in [-0.2, -0.15) is 0 Å². The van der Waals surface area contributed by atoms with E-state index >= 15 is 0 Å². The summed E-state index contributed by atoms with van der Waals surface area (Å²) < 4.78 is 0. The minimum Gasteiger partial charge on any atom is -0.0654 e. The van der Waals surface area contributed by atoms with Crippen molar-refractivity contribution in [1.82, 2.24) is 0 Å². The van der Waals surface area contributed by atoms with E-state index in [0.29, 0.717) is 5.41 Å². The summed E-state index contributed by atoms with van der Waals surface area (Å²) in [5.41, 5.74) is 0.712. The molecule has 0 heterocycles. The van der Waals surface area contributed by atoms with E-state index in [0.717, 1.165) is 5.92 Å². The lowest BCUT2D eigenvalue weighted by molar-refractivity contribution is 0.193. The van der Waals surface area contributed by atoms with Gasteiger partial charge in [0.2, 0.25) is 0 Å². The minimum atomic E-state index is 0.712. The molecular weight excluding hydrogens is 156 g/mol. The number of rotatable bonds is 5. The molecule has 0 radical (unpaired) electrons. The van der Waals surface area contributed by atoms with Crippen LogP contribution in [-0.2, 0) is 0 Å². The highest BCUT2D eigenvalue weighted by atomic mass is 14.4. The third-order valence-corrected chi connectivity index (χ3v) is 4.01. The zero-order chi connectivity index (χ0) is 9.73. The van der Waals surface area contributed by atoms with E-state index in [1.165, 1.54) is 51.4 Å². The predicted molar refractivity (Wildman–Crippen MR) is 59.9 cm³/mol. The van der Waals surface area contributed by atoms with Gasteiger partial charge in [-0.05, 0) is 37.0 Å². The van der Waals surface area contributed by atoms with Gasteiger partial charge in [0.05, 0.1) is 0 Å². The van der Waals surface area contributed by atoms with Crippen LogP contribution in [0.3, 0.4) is 0 Å². The number of unbranched alkanes of at least 4 members (excludes halogenated alkanes) is 1. The zero-order valence-corrected chi connectivity index (χ0v) is 9.73. The summed E-state index contributed by atoms with van der Waals surface area (Å²) in [6, 6.07) is 0. The fraction of sp³-hybridized carbons (Fsp3) is 1.00. The SMILES string of the molecule is CCCCC1CCCC1(C)CCC. The van der Waals surface area contributed by atoms with Crippen LogP contribution < -0.4 is 0 Å². The van der Waals surface area contributed by atoms with E-state index in [4.69, 9.17) is 0 Å². The molecule has 0 aromatic rings. The molecule has 78 valence electrons. The van der Waals surface area contributed by atoms with E-state index in [1.54, 1.807) is 0 Å². The summed E-state index contributed by atoms with van der Waals surface area (Å²) in [4.78, 5) is 0. The van der Waals surface area contributed by atoms with Crippen LogP contribution in [0.5, 0.6) is 0 Å². The number of hydrogen-bond acceptors (Lipinski definition) is 0. The molecule has 0 N–H and O–H groups in total. The van der Waals surface area contributed by atoms with Gasteiger partial charge < -0.3 is 0 Å². The van der Waals surface area contributed by atoms with Crippen molar-refractivity contribution in [3.05, 3.63) is 0 Å². The van der Waals surface area contributed by atoms with Crippen LogP contribution in [0.25, 0.3) is 0 Å². The topological polar surface area (TPSA) is 0 Å². The van der Waals surface area contributed by atoms with Crippen molar-refractivity contribution in [1.29, 1.82) is 0 Å². The molecule has 1 fully saturated rings. The average molecular weight is 182 g/mol. The summed E-state index contributed by atoms with van der Waals surface area (Å²) in [6.45, 7) is 7.18. The highest BCUT2D eigenvalue weighted by Crippen LogP contribution is 2.48. The van der Waals surface area contributed by atoms with Crippen molar-refractivity contribution >= 4 is 0 Å². The summed E-state index contributed by atoms with van der Waals surface area (Å²) in [5.74, 6) is 1.05. The smallest absolute Gasteiger partial charge is 0.0298 e. The first-order valence-electron chi connectivity index (χ1n) is 6.23. The molecule has 0 spiro atoms. The molecule has 0 aromatic carbocycles. The summed E-state index contributed by atoms with van der Waals surface area (Å²) in [7, 11) is 0. The Bertz CT molecular complexity index is 139. The quantitative estimate of drug-likeness (QED) is 0.574. The Morgan fingerprint density at radius 2 is 2.00 bits per heavy atom. The van der Waals surface area contributed by atoms with Crippen LogP contribution in [0.15, 0.2) is 0 Å². The zero-order valence-electron chi connectivity index (χ0n) is 9.73. The Morgan fingerprint density at radius 1 is 1.23 bits per heavy atom. The van der Waals surface area contributed by atoms with Gasteiger partial charge in [0.1, 0.15) is 0 Å². The molecule has 1 saturated carbocycles. The Hall–Kier alpha value is 0. The molecule has 13 heavy (non-hydrogen) atoms. The Kier molecular flexibility index (Phi) is 4.28. The van der Waals surface area contributed by atoms with E-state index in [1.807, 2.05) is 0 Å². The van der Waals surface area contributed by atoms with Crippen LogP contribution in [0.4, 0.5) is 0 Å². The van der Waals surface area contributed by atoms with E-state index < -0.39 is 0 Å². The summed E-state index contributed by atoms with van der Waals surface area (Å²) in [6.07, 6.45) is 11.6. The highest BCUT2D eigenvalue weighted by molar-refractivity contribution is 4.87. The van der Waals surface area contributed by atoms with Gasteiger partial charge in [0, 0.05) is 0 Å². The highest BCUT2D eigenvalue weighted by Gasteiger charge is 2.36. The van der Waals surface area contributed by atoms with E-state index in [9.17, 15) is 0 Å². The van der Waals surface area contributed by atoms with Crippen molar-refractivity contribution in [2.24, 2.45) is 11.3 Å². The van der Waals surface area contributed by atoms with E-state index in [2.05, 4.69) is 20.8 Å².